The Labute approximate surface area is 119 Å². The molecule has 1 saturated carbocycles. The van der Waals surface area contributed by atoms with Crippen LogP contribution in [0.1, 0.15) is 56.3 Å². The fraction of sp³-hybridized carbons (Fsp3) is 0.500. The van der Waals surface area contributed by atoms with E-state index in [1.165, 1.54) is 12.0 Å². The summed E-state index contributed by atoms with van der Waals surface area (Å²) in [6, 6.07) is 10.5. The number of benzene rings is 1. The minimum Gasteiger partial charge on any atom is -0.339 e. The van der Waals surface area contributed by atoms with Gasteiger partial charge in [-0.25, -0.2) is 0 Å². The third-order valence-electron chi connectivity index (χ3n) is 4.58. The lowest BCUT2D eigenvalue weighted by Crippen LogP contribution is -2.36. The molecule has 4 heteroatoms. The first-order valence-electron chi connectivity index (χ1n) is 7.29. The molecule has 3 rings (SSSR count). The molecule has 20 heavy (non-hydrogen) atoms. The van der Waals surface area contributed by atoms with E-state index in [0.29, 0.717) is 5.89 Å². The SMILES string of the molecule is CC(N)C(C)c1nc(C2(c3ccccc3)CCC2)no1. The van der Waals surface area contributed by atoms with Crippen LogP contribution in [0.3, 0.4) is 0 Å². The summed E-state index contributed by atoms with van der Waals surface area (Å²) in [6.45, 7) is 3.99. The van der Waals surface area contributed by atoms with Gasteiger partial charge in [0, 0.05) is 6.04 Å². The molecule has 2 atom stereocenters. The van der Waals surface area contributed by atoms with Gasteiger partial charge in [0.25, 0.3) is 0 Å². The molecule has 1 aliphatic rings. The maximum Gasteiger partial charge on any atom is 0.231 e. The molecule has 0 bridgehead atoms. The molecule has 2 unspecified atom stereocenters. The highest BCUT2D eigenvalue weighted by molar-refractivity contribution is 5.35. The zero-order valence-corrected chi connectivity index (χ0v) is 12.0. The van der Waals surface area contributed by atoms with Crippen LogP contribution in [0.15, 0.2) is 34.9 Å². The average Bonchev–Trinajstić information content (AvgIpc) is 2.87. The van der Waals surface area contributed by atoms with E-state index in [-0.39, 0.29) is 17.4 Å². The predicted octanol–water partition coefficient (Wildman–Crippen LogP) is 2.99. The van der Waals surface area contributed by atoms with Crippen molar-refractivity contribution in [3.63, 3.8) is 0 Å². The Morgan fingerprint density at radius 2 is 1.90 bits per heavy atom. The fourth-order valence-electron chi connectivity index (χ4n) is 2.77. The van der Waals surface area contributed by atoms with Crippen LogP contribution in [0.4, 0.5) is 0 Å². The van der Waals surface area contributed by atoms with Gasteiger partial charge in [0.1, 0.15) is 0 Å². The second-order valence-electron chi connectivity index (χ2n) is 5.91. The van der Waals surface area contributed by atoms with Gasteiger partial charge < -0.3 is 10.3 Å². The number of rotatable bonds is 4. The molecular formula is C16H21N3O. The van der Waals surface area contributed by atoms with E-state index in [1.807, 2.05) is 19.9 Å². The minimum absolute atomic E-state index is 0.0114. The Hall–Kier alpha value is -1.68. The van der Waals surface area contributed by atoms with E-state index >= 15 is 0 Å². The van der Waals surface area contributed by atoms with Crippen molar-refractivity contribution in [2.75, 3.05) is 0 Å². The lowest BCUT2D eigenvalue weighted by Gasteiger charge is -2.39. The number of hydrogen-bond acceptors (Lipinski definition) is 4. The number of aromatic nitrogens is 2. The van der Waals surface area contributed by atoms with Crippen molar-refractivity contribution in [1.82, 2.24) is 10.1 Å². The molecule has 2 N–H and O–H groups in total. The Balaban J connectivity index is 1.95. The smallest absolute Gasteiger partial charge is 0.231 e. The second kappa shape index (κ2) is 5.02. The molecule has 106 valence electrons. The highest BCUT2D eigenvalue weighted by Gasteiger charge is 2.44. The molecule has 0 amide bonds. The van der Waals surface area contributed by atoms with Crippen LogP contribution in [-0.4, -0.2) is 16.2 Å². The standard InChI is InChI=1S/C16H21N3O/c1-11(12(2)17)14-18-15(19-20-14)16(9-6-10-16)13-7-4-3-5-8-13/h3-5,7-8,11-12H,6,9-10,17H2,1-2H3. The van der Waals surface area contributed by atoms with E-state index in [0.717, 1.165) is 18.7 Å². The van der Waals surface area contributed by atoms with Gasteiger partial charge in [0.2, 0.25) is 5.89 Å². The molecular weight excluding hydrogens is 250 g/mol. The maximum atomic E-state index is 5.92. The summed E-state index contributed by atoms with van der Waals surface area (Å²) in [5.41, 5.74) is 7.15. The van der Waals surface area contributed by atoms with Crippen molar-refractivity contribution in [2.45, 2.75) is 50.5 Å². The van der Waals surface area contributed by atoms with Gasteiger partial charge >= 0.3 is 0 Å². The Morgan fingerprint density at radius 3 is 2.45 bits per heavy atom. The average molecular weight is 271 g/mol. The van der Waals surface area contributed by atoms with E-state index in [9.17, 15) is 0 Å². The van der Waals surface area contributed by atoms with Crippen LogP contribution < -0.4 is 5.73 Å². The minimum atomic E-state index is -0.0550. The van der Waals surface area contributed by atoms with Crippen LogP contribution in [0.2, 0.25) is 0 Å². The van der Waals surface area contributed by atoms with Gasteiger partial charge in [0.15, 0.2) is 5.82 Å². The third kappa shape index (κ3) is 2.04. The van der Waals surface area contributed by atoms with Crippen LogP contribution >= 0.6 is 0 Å². The van der Waals surface area contributed by atoms with Crippen LogP contribution in [-0.2, 0) is 5.41 Å². The zero-order valence-electron chi connectivity index (χ0n) is 12.0. The molecule has 1 aromatic carbocycles. The van der Waals surface area contributed by atoms with Crippen LogP contribution in [0.25, 0.3) is 0 Å². The van der Waals surface area contributed by atoms with Gasteiger partial charge in [0.05, 0.1) is 11.3 Å². The fourth-order valence-corrected chi connectivity index (χ4v) is 2.77. The normalized spacial score (nSPS) is 20.1. The maximum absolute atomic E-state index is 5.92. The monoisotopic (exact) mass is 271 g/mol. The molecule has 1 aliphatic carbocycles. The number of nitrogens with zero attached hydrogens (tertiary/aromatic N) is 2. The quantitative estimate of drug-likeness (QED) is 0.928. The molecule has 0 aliphatic heterocycles. The molecule has 0 spiro atoms. The van der Waals surface area contributed by atoms with Crippen molar-refractivity contribution < 1.29 is 4.52 Å². The van der Waals surface area contributed by atoms with Gasteiger partial charge in [-0.05, 0) is 25.3 Å². The van der Waals surface area contributed by atoms with Crippen molar-refractivity contribution in [2.24, 2.45) is 5.73 Å². The van der Waals surface area contributed by atoms with Gasteiger partial charge in [-0.2, -0.15) is 4.98 Å². The molecule has 1 heterocycles. The molecule has 0 radical (unpaired) electrons. The Morgan fingerprint density at radius 1 is 1.20 bits per heavy atom. The molecule has 0 saturated heterocycles. The second-order valence-corrected chi connectivity index (χ2v) is 5.91. The number of nitrogens with two attached hydrogens (primary N) is 1. The molecule has 4 nitrogen and oxygen atoms in total. The van der Waals surface area contributed by atoms with Gasteiger partial charge in [-0.3, -0.25) is 0 Å². The summed E-state index contributed by atoms with van der Waals surface area (Å²) in [4.78, 5) is 4.64. The van der Waals surface area contributed by atoms with E-state index < -0.39 is 0 Å². The summed E-state index contributed by atoms with van der Waals surface area (Å²) < 4.78 is 5.45. The van der Waals surface area contributed by atoms with Crippen molar-refractivity contribution >= 4 is 0 Å². The Kier molecular flexibility index (Phi) is 3.34. The summed E-state index contributed by atoms with van der Waals surface area (Å²) >= 11 is 0. The summed E-state index contributed by atoms with van der Waals surface area (Å²) in [5, 5.41) is 4.25. The summed E-state index contributed by atoms with van der Waals surface area (Å²) in [5.74, 6) is 1.55. The van der Waals surface area contributed by atoms with Crippen LogP contribution in [0.5, 0.6) is 0 Å². The van der Waals surface area contributed by atoms with E-state index in [2.05, 4.69) is 34.4 Å². The molecule has 1 fully saturated rings. The van der Waals surface area contributed by atoms with Crippen molar-refractivity contribution in [3.05, 3.63) is 47.6 Å². The van der Waals surface area contributed by atoms with E-state index in [4.69, 9.17) is 10.3 Å². The molecule has 2 aromatic rings. The first-order valence-corrected chi connectivity index (χ1v) is 7.29. The summed E-state index contributed by atoms with van der Waals surface area (Å²) in [7, 11) is 0. The third-order valence-corrected chi connectivity index (χ3v) is 4.58. The lowest BCUT2D eigenvalue weighted by atomic mass is 9.64. The lowest BCUT2D eigenvalue weighted by molar-refractivity contribution is 0.269. The predicted molar refractivity (Wildman–Crippen MR) is 77.4 cm³/mol. The first kappa shape index (κ1) is 13.3. The Bertz CT molecular complexity index is 572. The van der Waals surface area contributed by atoms with Gasteiger partial charge in [-0.1, -0.05) is 48.8 Å². The first-order chi connectivity index (χ1) is 9.63. The van der Waals surface area contributed by atoms with Crippen molar-refractivity contribution in [1.29, 1.82) is 0 Å². The zero-order chi connectivity index (χ0) is 14.2. The van der Waals surface area contributed by atoms with Gasteiger partial charge in [-0.15, -0.1) is 0 Å². The van der Waals surface area contributed by atoms with Crippen molar-refractivity contribution in [3.8, 4) is 0 Å². The van der Waals surface area contributed by atoms with E-state index in [1.54, 1.807) is 0 Å². The number of hydrogen-bond donors (Lipinski definition) is 1. The summed E-state index contributed by atoms with van der Waals surface area (Å²) in [6.07, 6.45) is 3.38. The van der Waals surface area contributed by atoms with Crippen LogP contribution in [0, 0.1) is 0 Å². The largest absolute Gasteiger partial charge is 0.339 e. The highest BCUT2D eigenvalue weighted by atomic mass is 16.5. The topological polar surface area (TPSA) is 64.9 Å². The molecule has 1 aromatic heterocycles. The highest BCUT2D eigenvalue weighted by Crippen LogP contribution is 2.47.